The molecule has 0 amide bonds. The van der Waals surface area contributed by atoms with E-state index in [9.17, 15) is 5.11 Å². The van der Waals surface area contributed by atoms with Crippen LogP contribution in [0.4, 0.5) is 0 Å². The summed E-state index contributed by atoms with van der Waals surface area (Å²) in [5, 5.41) is 17.8. The lowest BCUT2D eigenvalue weighted by Crippen LogP contribution is -2.51. The zero-order chi connectivity index (χ0) is 15.4. The second-order valence-corrected chi connectivity index (χ2v) is 5.80. The molecule has 1 aliphatic heterocycles. The van der Waals surface area contributed by atoms with Crippen molar-refractivity contribution >= 4 is 23.9 Å². The highest BCUT2D eigenvalue weighted by Crippen LogP contribution is 2.30. The number of allylic oxidation sites excluding steroid dienone is 1. The number of aryl methyl sites for hydroxylation is 1. The van der Waals surface area contributed by atoms with Gasteiger partial charge in [-0.1, -0.05) is 44.0 Å². The van der Waals surface area contributed by atoms with Gasteiger partial charge >= 0.3 is 0 Å². The lowest BCUT2D eigenvalue weighted by Gasteiger charge is -2.37. The number of hydrogen-bond acceptors (Lipinski definition) is 2. The number of piperidine rings is 1. The number of aromatic nitrogens is 1. The minimum absolute atomic E-state index is 0.517. The Morgan fingerprint density at radius 2 is 1.81 bits per heavy atom. The van der Waals surface area contributed by atoms with Crippen LogP contribution in [0.2, 0.25) is 0 Å². The fourth-order valence-electron chi connectivity index (χ4n) is 3.10. The Morgan fingerprint density at radius 3 is 2.48 bits per heavy atom. The number of benzene rings is 1. The number of rotatable bonds is 1. The summed E-state index contributed by atoms with van der Waals surface area (Å²) in [6, 6.07) is 6.14. The van der Waals surface area contributed by atoms with Crippen molar-refractivity contribution in [2.75, 3.05) is 0 Å². The predicted molar refractivity (Wildman–Crippen MR) is 87.8 cm³/mol. The molecule has 1 aromatic carbocycles. The normalized spacial score (nSPS) is 22.6. The van der Waals surface area contributed by atoms with E-state index in [0.717, 1.165) is 32.7 Å². The lowest BCUT2D eigenvalue weighted by molar-refractivity contribution is -0.0237. The topological polar surface area (TPSA) is 37.2 Å². The molecule has 2 N–H and O–H groups in total. The highest BCUT2D eigenvalue weighted by atomic mass is 16.3. The first-order valence-electron chi connectivity index (χ1n) is 7.00. The molecule has 0 spiro atoms. The van der Waals surface area contributed by atoms with Crippen molar-refractivity contribution in [1.29, 1.82) is 0 Å². The Balaban J connectivity index is 2.31. The second-order valence-electron chi connectivity index (χ2n) is 5.80. The molecular weight excluding hydrogens is 260 g/mol. The number of hydrogen-bond donors (Lipinski definition) is 2. The van der Waals surface area contributed by atoms with Gasteiger partial charge in [0, 0.05) is 33.6 Å². The summed E-state index contributed by atoms with van der Waals surface area (Å²) in [6.07, 6.45) is 1.20. The molecule has 3 heteroatoms. The van der Waals surface area contributed by atoms with E-state index in [2.05, 4.69) is 37.7 Å². The van der Waals surface area contributed by atoms with Gasteiger partial charge < -0.3 is 15.0 Å². The van der Waals surface area contributed by atoms with Gasteiger partial charge in [0.1, 0.15) is 0 Å². The van der Waals surface area contributed by atoms with Crippen molar-refractivity contribution in [3.8, 4) is 0 Å². The highest BCUT2D eigenvalue weighted by Gasteiger charge is 2.37. The van der Waals surface area contributed by atoms with Crippen LogP contribution in [0.15, 0.2) is 42.8 Å². The van der Waals surface area contributed by atoms with E-state index in [1.807, 2.05) is 19.1 Å². The van der Waals surface area contributed by atoms with Crippen LogP contribution in [-0.4, -0.2) is 9.67 Å². The summed E-state index contributed by atoms with van der Waals surface area (Å²) >= 11 is 0. The third kappa shape index (κ3) is 1.85. The molecule has 1 aliphatic rings. The van der Waals surface area contributed by atoms with Gasteiger partial charge in [-0.2, -0.15) is 0 Å². The molecule has 1 aromatic heterocycles. The van der Waals surface area contributed by atoms with E-state index in [1.54, 1.807) is 4.57 Å². The Kier molecular flexibility index (Phi) is 2.85. The molecule has 3 nitrogen and oxygen atoms in total. The Hall–Kier alpha value is -2.26. The van der Waals surface area contributed by atoms with E-state index >= 15 is 0 Å². The minimum Gasteiger partial charge on any atom is -0.365 e. The Morgan fingerprint density at radius 1 is 1.14 bits per heavy atom. The number of nitrogens with zero attached hydrogens (tertiary/aromatic N) is 1. The fraction of sp³-hybridized carbons (Fsp3) is 0.222. The van der Waals surface area contributed by atoms with Crippen LogP contribution in [0.5, 0.6) is 0 Å². The van der Waals surface area contributed by atoms with Gasteiger partial charge in [-0.3, -0.25) is 0 Å². The summed E-state index contributed by atoms with van der Waals surface area (Å²) in [7, 11) is 0. The molecule has 108 valence electrons. The van der Waals surface area contributed by atoms with Gasteiger partial charge in [-0.05, 0) is 19.4 Å². The summed E-state index contributed by atoms with van der Waals surface area (Å²) in [4.78, 5) is 0. The van der Waals surface area contributed by atoms with E-state index in [-0.39, 0.29) is 0 Å². The van der Waals surface area contributed by atoms with Crippen LogP contribution in [0, 0.1) is 6.92 Å². The van der Waals surface area contributed by atoms with Gasteiger partial charge in [0.15, 0.2) is 5.72 Å². The molecule has 1 unspecified atom stereocenters. The van der Waals surface area contributed by atoms with Gasteiger partial charge in [-0.25, -0.2) is 0 Å². The predicted octanol–water partition coefficient (Wildman–Crippen LogP) is 1.83. The smallest absolute Gasteiger partial charge is 0.183 e. The monoisotopic (exact) mass is 280 g/mol. The molecule has 2 heterocycles. The van der Waals surface area contributed by atoms with Crippen molar-refractivity contribution in [2.45, 2.75) is 25.5 Å². The molecule has 1 saturated heterocycles. The third-order valence-electron chi connectivity index (χ3n) is 4.29. The Labute approximate surface area is 124 Å². The van der Waals surface area contributed by atoms with Gasteiger partial charge in [0.05, 0.1) is 5.70 Å². The lowest BCUT2D eigenvalue weighted by atomic mass is 9.97. The summed E-state index contributed by atoms with van der Waals surface area (Å²) in [5.74, 6) is 0. The third-order valence-corrected chi connectivity index (χ3v) is 4.29. The molecule has 0 saturated carbocycles. The van der Waals surface area contributed by atoms with Crippen molar-refractivity contribution in [3.05, 3.63) is 59.0 Å². The van der Waals surface area contributed by atoms with Crippen molar-refractivity contribution in [3.63, 3.8) is 0 Å². The molecule has 3 rings (SSSR count). The SMILES string of the molecule is C=C1CCC(O)(n2c(=C)c3ccc(C)cc3c2=C)C(=C)N1. The van der Waals surface area contributed by atoms with Crippen molar-refractivity contribution in [2.24, 2.45) is 0 Å². The van der Waals surface area contributed by atoms with Gasteiger partial charge in [0.25, 0.3) is 0 Å². The molecule has 21 heavy (non-hydrogen) atoms. The maximum atomic E-state index is 11.1. The van der Waals surface area contributed by atoms with E-state index in [0.29, 0.717) is 18.5 Å². The number of nitrogens with one attached hydrogen (secondary N) is 1. The largest absolute Gasteiger partial charge is 0.365 e. The first-order chi connectivity index (χ1) is 9.84. The Bertz CT molecular complexity index is 875. The molecule has 0 radical (unpaired) electrons. The molecule has 1 fully saturated rings. The van der Waals surface area contributed by atoms with Crippen LogP contribution < -0.4 is 16.0 Å². The molecule has 0 bridgehead atoms. The van der Waals surface area contributed by atoms with Crippen LogP contribution in [0.25, 0.3) is 23.9 Å². The highest BCUT2D eigenvalue weighted by molar-refractivity contribution is 5.84. The van der Waals surface area contributed by atoms with Crippen LogP contribution in [-0.2, 0) is 5.72 Å². The van der Waals surface area contributed by atoms with Crippen molar-refractivity contribution < 1.29 is 5.11 Å². The van der Waals surface area contributed by atoms with Crippen LogP contribution >= 0.6 is 0 Å². The van der Waals surface area contributed by atoms with E-state index in [1.165, 1.54) is 0 Å². The first kappa shape index (κ1) is 13.7. The zero-order valence-electron chi connectivity index (χ0n) is 12.4. The molecular formula is C18H20N2O. The van der Waals surface area contributed by atoms with E-state index < -0.39 is 5.72 Å². The van der Waals surface area contributed by atoms with Crippen LogP contribution in [0.1, 0.15) is 18.4 Å². The summed E-state index contributed by atoms with van der Waals surface area (Å²) in [5.41, 5.74) is 1.33. The van der Waals surface area contributed by atoms with Crippen LogP contribution in [0.3, 0.4) is 0 Å². The average molecular weight is 280 g/mol. The zero-order valence-corrected chi connectivity index (χ0v) is 12.4. The first-order valence-corrected chi connectivity index (χ1v) is 7.00. The summed E-state index contributed by atoms with van der Waals surface area (Å²) in [6.45, 7) is 18.2. The number of fused-ring (bicyclic) bond motifs is 1. The minimum atomic E-state index is -1.22. The maximum absolute atomic E-state index is 11.1. The van der Waals surface area contributed by atoms with Crippen molar-refractivity contribution in [1.82, 2.24) is 9.88 Å². The fourth-order valence-corrected chi connectivity index (χ4v) is 3.10. The molecule has 1 atom stereocenters. The summed E-state index contributed by atoms with van der Waals surface area (Å²) < 4.78 is 1.79. The number of aliphatic hydroxyl groups is 1. The van der Waals surface area contributed by atoms with E-state index in [4.69, 9.17) is 0 Å². The maximum Gasteiger partial charge on any atom is 0.183 e. The standard InChI is InChI=1S/C18H20N2O/c1-11-6-7-16-13(3)20(14(4)17(16)10-11)18(21)9-8-12(2)19-15(18)5/h6-7,10,19,21H,2-5,8-9H2,1H3. The average Bonchev–Trinajstić information content (AvgIpc) is 2.67. The van der Waals surface area contributed by atoms with Gasteiger partial charge in [-0.15, -0.1) is 0 Å². The molecule has 0 aliphatic carbocycles. The molecule has 2 aromatic rings. The van der Waals surface area contributed by atoms with Gasteiger partial charge in [0.2, 0.25) is 0 Å². The second kappa shape index (κ2) is 4.37. The quantitative estimate of drug-likeness (QED) is 0.836.